The van der Waals surface area contributed by atoms with Gasteiger partial charge in [0.2, 0.25) is 0 Å². The Balaban J connectivity index is 2.14. The molecule has 2 rings (SSSR count). The molecule has 0 saturated carbocycles. The molecule has 0 unspecified atom stereocenters. The van der Waals surface area contributed by atoms with Crippen molar-refractivity contribution in [3.05, 3.63) is 35.6 Å². The van der Waals surface area contributed by atoms with Crippen molar-refractivity contribution in [1.29, 1.82) is 0 Å². The summed E-state index contributed by atoms with van der Waals surface area (Å²) in [4.78, 5) is 11.8. The molecule has 1 aliphatic rings. The third-order valence-electron chi connectivity index (χ3n) is 3.04. The van der Waals surface area contributed by atoms with Crippen molar-refractivity contribution in [2.75, 3.05) is 13.2 Å². The van der Waals surface area contributed by atoms with E-state index in [1.807, 2.05) is 0 Å². The summed E-state index contributed by atoms with van der Waals surface area (Å²) in [7, 11) is 0. The van der Waals surface area contributed by atoms with Gasteiger partial charge in [0.1, 0.15) is 5.82 Å². The molecule has 4 heteroatoms. The van der Waals surface area contributed by atoms with E-state index < -0.39 is 0 Å². The highest BCUT2D eigenvalue weighted by molar-refractivity contribution is 5.74. The van der Waals surface area contributed by atoms with Crippen molar-refractivity contribution < 1.29 is 13.9 Å². The Morgan fingerprint density at radius 2 is 2.18 bits per heavy atom. The number of ether oxygens (including phenoxy) is 1. The van der Waals surface area contributed by atoms with Crippen molar-refractivity contribution in [2.24, 2.45) is 5.92 Å². The van der Waals surface area contributed by atoms with Gasteiger partial charge in [-0.15, -0.1) is 0 Å². The average molecular weight is 237 g/mol. The van der Waals surface area contributed by atoms with Crippen molar-refractivity contribution in [1.82, 2.24) is 5.32 Å². The molecule has 1 aromatic rings. The zero-order valence-corrected chi connectivity index (χ0v) is 9.78. The predicted molar refractivity (Wildman–Crippen MR) is 61.9 cm³/mol. The SMILES string of the molecule is CCOC(=O)[C@H]1CCN[C@@H]1c1ccc(F)cc1. The number of nitrogens with one attached hydrogen (secondary N) is 1. The molecule has 1 aliphatic heterocycles. The van der Waals surface area contributed by atoms with Gasteiger partial charge in [-0.05, 0) is 37.6 Å². The standard InChI is InChI=1S/C13H16FNO2/c1-2-17-13(16)11-7-8-15-12(11)9-3-5-10(14)6-4-9/h3-6,11-12,15H,2,7-8H2,1H3/t11-,12+/m0/s1. The molecule has 1 saturated heterocycles. The molecule has 17 heavy (non-hydrogen) atoms. The normalized spacial score (nSPS) is 23.6. The predicted octanol–water partition coefficient (Wildman–Crippen LogP) is 2.04. The molecule has 1 N–H and O–H groups in total. The maximum atomic E-state index is 12.8. The summed E-state index contributed by atoms with van der Waals surface area (Å²) >= 11 is 0. The van der Waals surface area contributed by atoms with Crippen LogP contribution in [0.3, 0.4) is 0 Å². The van der Waals surface area contributed by atoms with Gasteiger partial charge in [0, 0.05) is 6.04 Å². The molecule has 92 valence electrons. The first-order valence-corrected chi connectivity index (χ1v) is 5.88. The topological polar surface area (TPSA) is 38.3 Å². The molecule has 1 heterocycles. The van der Waals surface area contributed by atoms with Crippen LogP contribution in [0.15, 0.2) is 24.3 Å². The molecular weight excluding hydrogens is 221 g/mol. The van der Waals surface area contributed by atoms with Crippen LogP contribution in [0.4, 0.5) is 4.39 Å². The number of hydrogen-bond acceptors (Lipinski definition) is 3. The van der Waals surface area contributed by atoms with Crippen LogP contribution in [-0.2, 0) is 9.53 Å². The van der Waals surface area contributed by atoms with E-state index in [1.165, 1.54) is 12.1 Å². The lowest BCUT2D eigenvalue weighted by molar-refractivity contribution is -0.148. The zero-order valence-electron chi connectivity index (χ0n) is 9.78. The van der Waals surface area contributed by atoms with Crippen molar-refractivity contribution in [3.8, 4) is 0 Å². The lowest BCUT2D eigenvalue weighted by Crippen LogP contribution is -2.25. The number of halogens is 1. The Bertz CT molecular complexity index is 391. The van der Waals surface area contributed by atoms with Crippen LogP contribution >= 0.6 is 0 Å². The van der Waals surface area contributed by atoms with Gasteiger partial charge in [0.05, 0.1) is 12.5 Å². The number of hydrogen-bond donors (Lipinski definition) is 1. The maximum absolute atomic E-state index is 12.8. The minimum absolute atomic E-state index is 0.0605. The molecule has 1 fully saturated rings. The monoisotopic (exact) mass is 237 g/mol. The minimum atomic E-state index is -0.264. The summed E-state index contributed by atoms with van der Waals surface area (Å²) in [6.45, 7) is 2.98. The van der Waals surface area contributed by atoms with E-state index in [0.29, 0.717) is 6.61 Å². The first-order chi connectivity index (χ1) is 8.22. The lowest BCUT2D eigenvalue weighted by Gasteiger charge is -2.18. The summed E-state index contributed by atoms with van der Waals surface area (Å²) in [5.41, 5.74) is 0.932. The van der Waals surface area contributed by atoms with Crippen LogP contribution in [0.25, 0.3) is 0 Å². The van der Waals surface area contributed by atoms with E-state index >= 15 is 0 Å². The number of rotatable bonds is 3. The Morgan fingerprint density at radius 1 is 1.47 bits per heavy atom. The fourth-order valence-electron chi connectivity index (χ4n) is 2.23. The fraction of sp³-hybridized carbons (Fsp3) is 0.462. The van der Waals surface area contributed by atoms with Crippen LogP contribution in [0.5, 0.6) is 0 Å². The third kappa shape index (κ3) is 2.64. The molecule has 0 aliphatic carbocycles. The van der Waals surface area contributed by atoms with Crippen LogP contribution in [0, 0.1) is 11.7 Å². The summed E-state index contributed by atoms with van der Waals surface area (Å²) in [5, 5.41) is 3.26. The second-order valence-electron chi connectivity index (χ2n) is 4.13. The van der Waals surface area contributed by atoms with Gasteiger partial charge in [0.15, 0.2) is 0 Å². The molecule has 1 aromatic carbocycles. The van der Waals surface area contributed by atoms with Crippen molar-refractivity contribution in [3.63, 3.8) is 0 Å². The van der Waals surface area contributed by atoms with Gasteiger partial charge < -0.3 is 10.1 Å². The van der Waals surface area contributed by atoms with Gasteiger partial charge >= 0.3 is 5.97 Å². The molecule has 2 atom stereocenters. The first kappa shape index (κ1) is 12.0. The summed E-state index contributed by atoms with van der Waals surface area (Å²) in [5.74, 6) is -0.605. The maximum Gasteiger partial charge on any atom is 0.310 e. The van der Waals surface area contributed by atoms with Crippen molar-refractivity contribution in [2.45, 2.75) is 19.4 Å². The second-order valence-corrected chi connectivity index (χ2v) is 4.13. The Kier molecular flexibility index (Phi) is 3.74. The first-order valence-electron chi connectivity index (χ1n) is 5.88. The number of carbonyl (C=O) groups is 1. The summed E-state index contributed by atoms with van der Waals surface area (Å²) in [6, 6.07) is 6.19. The molecular formula is C13H16FNO2. The summed E-state index contributed by atoms with van der Waals surface area (Å²) < 4.78 is 17.9. The number of carbonyl (C=O) groups excluding carboxylic acids is 1. The van der Waals surface area contributed by atoms with Crippen LogP contribution in [0.2, 0.25) is 0 Å². The third-order valence-corrected chi connectivity index (χ3v) is 3.04. The molecule has 0 aromatic heterocycles. The average Bonchev–Trinajstić information content (AvgIpc) is 2.79. The molecule has 0 amide bonds. The van der Waals surface area contributed by atoms with Gasteiger partial charge in [-0.2, -0.15) is 0 Å². The quantitative estimate of drug-likeness (QED) is 0.817. The van der Waals surface area contributed by atoms with Gasteiger partial charge in [-0.25, -0.2) is 4.39 Å². The van der Waals surface area contributed by atoms with Crippen LogP contribution in [-0.4, -0.2) is 19.1 Å². The smallest absolute Gasteiger partial charge is 0.310 e. The van der Waals surface area contributed by atoms with E-state index in [1.54, 1.807) is 19.1 Å². The Labute approximate surface area is 100.0 Å². The van der Waals surface area contributed by atoms with Gasteiger partial charge in [-0.1, -0.05) is 12.1 Å². The van der Waals surface area contributed by atoms with E-state index in [0.717, 1.165) is 18.5 Å². The van der Waals surface area contributed by atoms with E-state index in [-0.39, 0.29) is 23.7 Å². The number of benzene rings is 1. The second kappa shape index (κ2) is 5.27. The largest absolute Gasteiger partial charge is 0.466 e. The van der Waals surface area contributed by atoms with Crippen molar-refractivity contribution >= 4 is 5.97 Å². The molecule has 0 spiro atoms. The highest BCUT2D eigenvalue weighted by Gasteiger charge is 2.34. The highest BCUT2D eigenvalue weighted by atomic mass is 19.1. The van der Waals surface area contributed by atoms with E-state index in [2.05, 4.69) is 5.32 Å². The molecule has 0 bridgehead atoms. The highest BCUT2D eigenvalue weighted by Crippen LogP contribution is 2.30. The van der Waals surface area contributed by atoms with Gasteiger partial charge in [-0.3, -0.25) is 4.79 Å². The minimum Gasteiger partial charge on any atom is -0.466 e. The van der Waals surface area contributed by atoms with E-state index in [9.17, 15) is 9.18 Å². The Hall–Kier alpha value is -1.42. The lowest BCUT2D eigenvalue weighted by atomic mass is 9.94. The molecule has 3 nitrogen and oxygen atoms in total. The zero-order chi connectivity index (χ0) is 12.3. The number of esters is 1. The fourth-order valence-corrected chi connectivity index (χ4v) is 2.23. The Morgan fingerprint density at radius 3 is 2.82 bits per heavy atom. The van der Waals surface area contributed by atoms with Gasteiger partial charge in [0.25, 0.3) is 0 Å². The van der Waals surface area contributed by atoms with Crippen LogP contribution in [0.1, 0.15) is 24.9 Å². The van der Waals surface area contributed by atoms with Crippen LogP contribution < -0.4 is 5.32 Å². The molecule has 0 radical (unpaired) electrons. The van der Waals surface area contributed by atoms with E-state index in [4.69, 9.17) is 4.74 Å². The summed E-state index contributed by atoms with van der Waals surface area (Å²) in [6.07, 6.45) is 0.765.